The number of carbonyl (C=O) groups is 2. The smallest absolute Gasteiger partial charge is 0.233 e. The van der Waals surface area contributed by atoms with Crippen LogP contribution in [0.25, 0.3) is 0 Å². The second-order valence-electron chi connectivity index (χ2n) is 5.49. The summed E-state index contributed by atoms with van der Waals surface area (Å²) in [6.45, 7) is 4.00. The van der Waals surface area contributed by atoms with Crippen LogP contribution in [0, 0.1) is 0 Å². The summed E-state index contributed by atoms with van der Waals surface area (Å²) in [6, 6.07) is 17.6. The third-order valence-corrected chi connectivity index (χ3v) is 4.52. The molecule has 2 N–H and O–H groups in total. The number of carbonyl (C=O) groups excluding carboxylic acids is 2. The molecule has 1 atom stereocenters. The van der Waals surface area contributed by atoms with Crippen LogP contribution in [0.2, 0.25) is 0 Å². The van der Waals surface area contributed by atoms with Gasteiger partial charge in [0.1, 0.15) is 0 Å². The van der Waals surface area contributed by atoms with E-state index in [1.807, 2.05) is 49.4 Å². The van der Waals surface area contributed by atoms with Gasteiger partial charge in [0.15, 0.2) is 0 Å². The molecule has 0 fully saturated rings. The number of rotatable bonds is 7. The van der Waals surface area contributed by atoms with E-state index in [9.17, 15) is 9.59 Å². The van der Waals surface area contributed by atoms with Crippen molar-refractivity contribution in [2.75, 3.05) is 11.9 Å². The Bertz CT molecular complexity index is 672. The number of hydrogen-bond acceptors (Lipinski definition) is 3. The number of nitrogens with one attached hydrogen (secondary N) is 2. The van der Waals surface area contributed by atoms with Crippen LogP contribution in [-0.2, 0) is 16.0 Å². The summed E-state index contributed by atoms with van der Waals surface area (Å²) < 4.78 is 0. The molecule has 2 amide bonds. The summed E-state index contributed by atoms with van der Waals surface area (Å²) in [5.41, 5.74) is 1.97. The van der Waals surface area contributed by atoms with Crippen LogP contribution in [-0.4, -0.2) is 23.6 Å². The quantitative estimate of drug-likeness (QED) is 0.757. The maximum absolute atomic E-state index is 12.2. The third-order valence-electron chi connectivity index (χ3n) is 3.41. The van der Waals surface area contributed by atoms with Crippen molar-refractivity contribution in [1.82, 2.24) is 5.32 Å². The van der Waals surface area contributed by atoms with Gasteiger partial charge in [-0.05, 0) is 43.2 Å². The maximum atomic E-state index is 12.2. The Balaban J connectivity index is 1.77. The molecular weight excluding hydrogens is 320 g/mol. The predicted octanol–water partition coefficient (Wildman–Crippen LogP) is 3.48. The van der Waals surface area contributed by atoms with Gasteiger partial charge in [-0.2, -0.15) is 0 Å². The number of hydrogen-bond donors (Lipinski definition) is 2. The van der Waals surface area contributed by atoms with E-state index in [2.05, 4.69) is 22.8 Å². The molecule has 0 aromatic heterocycles. The summed E-state index contributed by atoms with van der Waals surface area (Å²) >= 11 is 1.50. The molecule has 2 aromatic rings. The molecule has 5 heteroatoms. The summed E-state index contributed by atoms with van der Waals surface area (Å²) in [7, 11) is 0. The van der Waals surface area contributed by atoms with E-state index in [4.69, 9.17) is 0 Å². The van der Waals surface area contributed by atoms with Crippen LogP contribution in [0.3, 0.4) is 0 Å². The zero-order valence-electron chi connectivity index (χ0n) is 13.9. The molecule has 1 unspecified atom stereocenters. The Morgan fingerprint density at radius 2 is 1.71 bits per heavy atom. The van der Waals surface area contributed by atoms with Crippen molar-refractivity contribution in [3.63, 3.8) is 0 Å². The molecule has 0 spiro atoms. The highest BCUT2D eigenvalue weighted by Gasteiger charge is 2.13. The van der Waals surface area contributed by atoms with E-state index in [0.717, 1.165) is 17.0 Å². The molecule has 0 saturated carbocycles. The maximum Gasteiger partial charge on any atom is 0.233 e. The lowest BCUT2D eigenvalue weighted by atomic mass is 10.1. The Hall–Kier alpha value is -2.27. The minimum absolute atomic E-state index is 0.0295. The Morgan fingerprint density at radius 3 is 2.33 bits per heavy atom. The van der Waals surface area contributed by atoms with Crippen molar-refractivity contribution in [2.45, 2.75) is 30.4 Å². The second-order valence-corrected chi connectivity index (χ2v) is 6.91. The van der Waals surface area contributed by atoms with Crippen molar-refractivity contribution >= 4 is 29.3 Å². The third kappa shape index (κ3) is 6.08. The highest BCUT2D eigenvalue weighted by atomic mass is 32.2. The molecule has 0 aliphatic carbocycles. The molecule has 0 aliphatic heterocycles. The molecule has 2 rings (SSSR count). The van der Waals surface area contributed by atoms with Gasteiger partial charge in [-0.3, -0.25) is 9.59 Å². The fraction of sp³-hybridized carbons (Fsp3) is 0.263. The minimum Gasteiger partial charge on any atom is -0.355 e. The van der Waals surface area contributed by atoms with Crippen molar-refractivity contribution in [3.8, 4) is 0 Å². The zero-order chi connectivity index (χ0) is 17.4. The van der Waals surface area contributed by atoms with E-state index < -0.39 is 0 Å². The molecule has 0 heterocycles. The summed E-state index contributed by atoms with van der Waals surface area (Å²) in [6.07, 6.45) is 0.829. The normalized spacial score (nSPS) is 11.6. The van der Waals surface area contributed by atoms with Gasteiger partial charge in [-0.25, -0.2) is 0 Å². The lowest BCUT2D eigenvalue weighted by Crippen LogP contribution is -2.32. The Morgan fingerprint density at radius 1 is 1.04 bits per heavy atom. The van der Waals surface area contributed by atoms with E-state index in [0.29, 0.717) is 6.54 Å². The molecule has 2 aromatic carbocycles. The van der Waals surface area contributed by atoms with E-state index >= 15 is 0 Å². The van der Waals surface area contributed by atoms with Gasteiger partial charge in [0.05, 0.1) is 5.25 Å². The number of amides is 2. The molecule has 0 saturated heterocycles. The first-order chi connectivity index (χ1) is 11.5. The topological polar surface area (TPSA) is 58.2 Å². The van der Waals surface area contributed by atoms with Crippen LogP contribution < -0.4 is 10.6 Å². The Labute approximate surface area is 147 Å². The molecule has 0 aliphatic rings. The summed E-state index contributed by atoms with van der Waals surface area (Å²) in [5, 5.41) is 5.52. The van der Waals surface area contributed by atoms with Crippen molar-refractivity contribution in [2.24, 2.45) is 0 Å². The van der Waals surface area contributed by atoms with E-state index in [1.165, 1.54) is 24.2 Å². The van der Waals surface area contributed by atoms with Crippen molar-refractivity contribution in [1.29, 1.82) is 0 Å². The van der Waals surface area contributed by atoms with Gasteiger partial charge in [0.2, 0.25) is 11.8 Å². The first-order valence-electron chi connectivity index (χ1n) is 7.90. The molecule has 24 heavy (non-hydrogen) atoms. The van der Waals surface area contributed by atoms with Crippen LogP contribution in [0.15, 0.2) is 59.5 Å². The summed E-state index contributed by atoms with van der Waals surface area (Å²) in [4.78, 5) is 24.2. The van der Waals surface area contributed by atoms with Gasteiger partial charge in [0.25, 0.3) is 0 Å². The molecule has 0 bridgehead atoms. The first-order valence-corrected chi connectivity index (χ1v) is 8.78. The van der Waals surface area contributed by atoms with E-state index in [-0.39, 0.29) is 17.1 Å². The molecule has 126 valence electrons. The number of anilines is 1. The standard InChI is InChI=1S/C19H22N2O2S/c1-14(19(23)20-13-12-16-6-4-3-5-7-16)24-18-10-8-17(9-11-18)21-15(2)22/h3-11,14H,12-13H2,1-2H3,(H,20,23)(H,21,22). The highest BCUT2D eigenvalue weighted by Crippen LogP contribution is 2.24. The monoisotopic (exact) mass is 342 g/mol. The lowest BCUT2D eigenvalue weighted by molar-refractivity contribution is -0.120. The van der Waals surface area contributed by atoms with Gasteiger partial charge >= 0.3 is 0 Å². The SMILES string of the molecule is CC(=O)Nc1ccc(SC(C)C(=O)NCCc2ccccc2)cc1. The van der Waals surface area contributed by atoms with Gasteiger partial charge in [0, 0.05) is 24.1 Å². The van der Waals surface area contributed by atoms with Crippen molar-refractivity contribution < 1.29 is 9.59 Å². The fourth-order valence-corrected chi connectivity index (χ4v) is 3.09. The average molecular weight is 342 g/mol. The first kappa shape index (κ1) is 18.1. The number of thioether (sulfide) groups is 1. The second kappa shape index (κ2) is 9.13. The summed E-state index contributed by atoms with van der Waals surface area (Å²) in [5.74, 6) is -0.0663. The van der Waals surface area contributed by atoms with Gasteiger partial charge in [-0.15, -0.1) is 11.8 Å². The van der Waals surface area contributed by atoms with Crippen LogP contribution in [0.5, 0.6) is 0 Å². The highest BCUT2D eigenvalue weighted by molar-refractivity contribution is 8.00. The van der Waals surface area contributed by atoms with Crippen molar-refractivity contribution in [3.05, 3.63) is 60.2 Å². The average Bonchev–Trinajstić information content (AvgIpc) is 2.57. The lowest BCUT2D eigenvalue weighted by Gasteiger charge is -2.12. The minimum atomic E-state index is -0.174. The fourth-order valence-electron chi connectivity index (χ4n) is 2.20. The molecule has 4 nitrogen and oxygen atoms in total. The predicted molar refractivity (Wildman–Crippen MR) is 99.2 cm³/mol. The Kier molecular flexibility index (Phi) is 6.88. The van der Waals surface area contributed by atoms with Crippen LogP contribution >= 0.6 is 11.8 Å². The van der Waals surface area contributed by atoms with Gasteiger partial charge in [-0.1, -0.05) is 30.3 Å². The number of benzene rings is 2. The zero-order valence-corrected chi connectivity index (χ0v) is 14.7. The van der Waals surface area contributed by atoms with Crippen LogP contribution in [0.4, 0.5) is 5.69 Å². The van der Waals surface area contributed by atoms with Gasteiger partial charge < -0.3 is 10.6 Å². The molecule has 0 radical (unpaired) electrons. The largest absolute Gasteiger partial charge is 0.355 e. The van der Waals surface area contributed by atoms with E-state index in [1.54, 1.807) is 0 Å². The van der Waals surface area contributed by atoms with Crippen LogP contribution in [0.1, 0.15) is 19.4 Å². The molecular formula is C19H22N2O2S.